The number of ether oxygens (including phenoxy) is 4. The quantitative estimate of drug-likeness (QED) is 0.156. The van der Waals surface area contributed by atoms with Crippen LogP contribution in [0.25, 0.3) is 44.3 Å². The Balaban J connectivity index is 1.82. The number of nitrogens with zero attached hydrogens (tertiary/aromatic N) is 1. The lowest BCUT2D eigenvalue weighted by Crippen LogP contribution is -2.19. The van der Waals surface area contributed by atoms with E-state index in [-0.39, 0.29) is 47.8 Å². The molecule has 0 fully saturated rings. The van der Waals surface area contributed by atoms with E-state index in [9.17, 15) is 14.4 Å². The highest BCUT2D eigenvalue weighted by Gasteiger charge is 2.38. The van der Waals surface area contributed by atoms with E-state index in [1.807, 2.05) is 60.7 Å². The molecule has 0 N–H and O–H groups in total. The summed E-state index contributed by atoms with van der Waals surface area (Å²) in [7, 11) is 2.48. The van der Waals surface area contributed by atoms with Crippen molar-refractivity contribution in [3.8, 4) is 33.5 Å². The summed E-state index contributed by atoms with van der Waals surface area (Å²) in [6.07, 6.45) is 3.03. The molecule has 2 aromatic heterocycles. The van der Waals surface area contributed by atoms with Crippen LogP contribution in [0.1, 0.15) is 49.3 Å². The van der Waals surface area contributed by atoms with Gasteiger partial charge in [0.25, 0.3) is 0 Å². The van der Waals surface area contributed by atoms with Crippen molar-refractivity contribution < 1.29 is 37.7 Å². The van der Waals surface area contributed by atoms with Crippen molar-refractivity contribution in [2.24, 2.45) is 0 Å². The standard InChI is InChI=1S/C34H27NO8/c1-4-43-34(38)31-27(23-17-42-18-24(23)30(35-31)20-13-9-6-10-14-20)26-22-16-41-15-21(22)25(19-11-7-5-8-12-19)28(32(36)39-2)29(26)33(37)40-3/h5-14,17-18H,4,15-16H2,1-3H3. The Bertz CT molecular complexity index is 1880. The molecule has 0 bridgehead atoms. The number of hydrogen-bond donors (Lipinski definition) is 0. The number of carbonyl (C=O) groups excluding carboxylic acids is 3. The summed E-state index contributed by atoms with van der Waals surface area (Å²) in [6.45, 7) is 2.06. The van der Waals surface area contributed by atoms with E-state index in [0.29, 0.717) is 38.7 Å². The summed E-state index contributed by atoms with van der Waals surface area (Å²) in [5, 5.41) is 1.10. The number of pyridine rings is 1. The first-order valence-electron chi connectivity index (χ1n) is 13.6. The van der Waals surface area contributed by atoms with Crippen LogP contribution in [0.4, 0.5) is 0 Å². The Morgan fingerprint density at radius 1 is 0.721 bits per heavy atom. The van der Waals surface area contributed by atoms with Gasteiger partial charge in [-0.3, -0.25) is 0 Å². The first-order valence-corrected chi connectivity index (χ1v) is 13.6. The van der Waals surface area contributed by atoms with Gasteiger partial charge in [-0.2, -0.15) is 0 Å². The average molecular weight is 578 g/mol. The zero-order valence-corrected chi connectivity index (χ0v) is 23.8. The summed E-state index contributed by atoms with van der Waals surface area (Å²) in [5.41, 5.74) is 4.18. The molecule has 0 radical (unpaired) electrons. The Hall–Kier alpha value is -5.28. The molecule has 0 aliphatic carbocycles. The fourth-order valence-electron chi connectivity index (χ4n) is 5.68. The number of hydrogen-bond acceptors (Lipinski definition) is 9. The minimum absolute atomic E-state index is 0.00149. The van der Waals surface area contributed by atoms with E-state index in [2.05, 4.69) is 0 Å². The minimum atomic E-state index is -0.791. The zero-order valence-electron chi connectivity index (χ0n) is 23.8. The van der Waals surface area contributed by atoms with Crippen molar-refractivity contribution in [2.45, 2.75) is 20.1 Å². The molecule has 3 heterocycles. The minimum Gasteiger partial charge on any atom is -0.471 e. The number of furan rings is 1. The van der Waals surface area contributed by atoms with Crippen molar-refractivity contribution in [3.05, 3.63) is 101 Å². The van der Waals surface area contributed by atoms with Gasteiger partial charge < -0.3 is 23.4 Å². The van der Waals surface area contributed by atoms with Gasteiger partial charge in [0.2, 0.25) is 0 Å². The van der Waals surface area contributed by atoms with Gasteiger partial charge in [0.05, 0.1) is 57.1 Å². The molecule has 0 spiro atoms. The maximum absolute atomic E-state index is 13.8. The SMILES string of the molecule is CCOC(=O)c1nc(-c2ccccc2)c2cocc2c1-c1c2c(c(-c3ccccc3)c(C(=O)OC)c1C(=O)OC)COC2. The molecule has 1 aliphatic rings. The topological polar surface area (TPSA) is 114 Å². The van der Waals surface area contributed by atoms with Crippen LogP contribution in [0.5, 0.6) is 0 Å². The predicted octanol–water partition coefficient (Wildman–Crippen LogP) is 6.61. The maximum atomic E-state index is 13.8. The number of aromatic nitrogens is 1. The number of carbonyl (C=O) groups is 3. The fraction of sp³-hybridized carbons (Fsp3) is 0.176. The molecule has 0 atom stereocenters. The van der Waals surface area contributed by atoms with Gasteiger partial charge in [-0.05, 0) is 23.6 Å². The Kier molecular flexibility index (Phi) is 7.48. The zero-order chi connectivity index (χ0) is 30.1. The second-order valence-corrected chi connectivity index (χ2v) is 9.77. The lowest BCUT2D eigenvalue weighted by molar-refractivity contribution is 0.0519. The third-order valence-electron chi connectivity index (χ3n) is 7.46. The van der Waals surface area contributed by atoms with Crippen LogP contribution >= 0.6 is 0 Å². The first-order chi connectivity index (χ1) is 21.0. The molecule has 0 saturated heterocycles. The number of methoxy groups -OCH3 is 2. The highest BCUT2D eigenvalue weighted by molar-refractivity contribution is 6.18. The number of rotatable bonds is 7. The average Bonchev–Trinajstić information content (AvgIpc) is 3.74. The van der Waals surface area contributed by atoms with Crippen LogP contribution in [-0.4, -0.2) is 43.7 Å². The van der Waals surface area contributed by atoms with Crippen molar-refractivity contribution in [3.63, 3.8) is 0 Å². The van der Waals surface area contributed by atoms with Crippen molar-refractivity contribution in [1.82, 2.24) is 4.98 Å². The smallest absolute Gasteiger partial charge is 0.357 e. The summed E-state index contributed by atoms with van der Waals surface area (Å²) in [4.78, 5) is 45.9. The lowest BCUT2D eigenvalue weighted by Gasteiger charge is -2.23. The van der Waals surface area contributed by atoms with Crippen LogP contribution in [0.3, 0.4) is 0 Å². The monoisotopic (exact) mass is 577 g/mol. The highest BCUT2D eigenvalue weighted by Crippen LogP contribution is 2.48. The molecular formula is C34H27NO8. The second-order valence-electron chi connectivity index (χ2n) is 9.77. The van der Waals surface area contributed by atoms with Gasteiger partial charge in [0, 0.05) is 33.0 Å². The van der Waals surface area contributed by atoms with Crippen LogP contribution in [0.2, 0.25) is 0 Å². The molecular weight excluding hydrogens is 550 g/mol. The maximum Gasteiger partial charge on any atom is 0.357 e. The van der Waals surface area contributed by atoms with Crippen LogP contribution in [0.15, 0.2) is 77.6 Å². The Morgan fingerprint density at radius 2 is 1.28 bits per heavy atom. The fourth-order valence-corrected chi connectivity index (χ4v) is 5.68. The van der Waals surface area contributed by atoms with Crippen molar-refractivity contribution in [2.75, 3.05) is 20.8 Å². The molecule has 0 saturated carbocycles. The summed E-state index contributed by atoms with van der Waals surface area (Å²) < 4.78 is 27.6. The highest BCUT2D eigenvalue weighted by atomic mass is 16.5. The molecule has 3 aromatic carbocycles. The molecule has 0 amide bonds. The van der Waals surface area contributed by atoms with Gasteiger partial charge in [-0.1, -0.05) is 60.7 Å². The molecule has 0 unspecified atom stereocenters. The summed E-state index contributed by atoms with van der Waals surface area (Å²) in [5.74, 6) is -2.24. The molecule has 1 aliphatic heterocycles. The Labute approximate surface area is 247 Å². The number of fused-ring (bicyclic) bond motifs is 2. The molecule has 43 heavy (non-hydrogen) atoms. The third-order valence-corrected chi connectivity index (χ3v) is 7.46. The van der Waals surface area contributed by atoms with Gasteiger partial charge in [0.15, 0.2) is 5.69 Å². The molecule has 9 nitrogen and oxygen atoms in total. The predicted molar refractivity (Wildman–Crippen MR) is 157 cm³/mol. The summed E-state index contributed by atoms with van der Waals surface area (Å²) in [6, 6.07) is 18.6. The van der Waals surface area contributed by atoms with Crippen LogP contribution < -0.4 is 0 Å². The van der Waals surface area contributed by atoms with Crippen LogP contribution in [0, 0.1) is 0 Å². The summed E-state index contributed by atoms with van der Waals surface area (Å²) >= 11 is 0. The van der Waals surface area contributed by atoms with E-state index in [4.69, 9.17) is 28.3 Å². The largest absolute Gasteiger partial charge is 0.471 e. The van der Waals surface area contributed by atoms with Crippen LogP contribution in [-0.2, 0) is 32.2 Å². The lowest BCUT2D eigenvalue weighted by atomic mass is 9.80. The van der Waals surface area contributed by atoms with Gasteiger partial charge in [-0.15, -0.1) is 0 Å². The van der Waals surface area contributed by atoms with E-state index < -0.39 is 17.9 Å². The normalized spacial score (nSPS) is 12.2. The third kappa shape index (κ3) is 4.64. The van der Waals surface area contributed by atoms with E-state index >= 15 is 0 Å². The molecule has 9 heteroatoms. The van der Waals surface area contributed by atoms with E-state index in [1.54, 1.807) is 6.92 Å². The van der Waals surface area contributed by atoms with Gasteiger partial charge >= 0.3 is 17.9 Å². The number of esters is 3. The van der Waals surface area contributed by atoms with E-state index in [0.717, 1.165) is 5.56 Å². The van der Waals surface area contributed by atoms with E-state index in [1.165, 1.54) is 26.7 Å². The molecule has 6 rings (SSSR count). The molecule has 5 aromatic rings. The van der Waals surface area contributed by atoms with Gasteiger partial charge in [0.1, 0.15) is 6.26 Å². The Morgan fingerprint density at radius 3 is 1.88 bits per heavy atom. The molecule has 216 valence electrons. The first kappa shape index (κ1) is 27.9. The number of benzene rings is 3. The van der Waals surface area contributed by atoms with Crippen molar-refractivity contribution in [1.29, 1.82) is 0 Å². The second kappa shape index (κ2) is 11.5. The van der Waals surface area contributed by atoms with Gasteiger partial charge in [-0.25, -0.2) is 19.4 Å². The van der Waals surface area contributed by atoms with Crippen molar-refractivity contribution >= 4 is 28.7 Å².